The lowest BCUT2D eigenvalue weighted by Gasteiger charge is -2.25. The molecule has 1 aliphatic heterocycles. The van der Waals surface area contributed by atoms with E-state index in [1.54, 1.807) is 11.3 Å². The molecule has 1 saturated heterocycles. The lowest BCUT2D eigenvalue weighted by Crippen LogP contribution is -2.36. The maximum Gasteiger partial charge on any atom is 0.146 e. The van der Waals surface area contributed by atoms with Gasteiger partial charge in [0.1, 0.15) is 16.5 Å². The second-order valence-corrected chi connectivity index (χ2v) is 9.03. The molecule has 1 N–H and O–H groups in total. The van der Waals surface area contributed by atoms with Crippen LogP contribution in [0.1, 0.15) is 17.0 Å². The molecule has 0 spiro atoms. The van der Waals surface area contributed by atoms with Gasteiger partial charge in [0.25, 0.3) is 0 Å². The number of rotatable bonds is 7. The van der Waals surface area contributed by atoms with E-state index < -0.39 is 0 Å². The molecule has 0 aliphatic carbocycles. The Morgan fingerprint density at radius 1 is 1.00 bits per heavy atom. The lowest BCUT2D eigenvalue weighted by atomic mass is 10.1. The summed E-state index contributed by atoms with van der Waals surface area (Å²) in [5.41, 5.74) is 5.09. The molecule has 0 saturated carbocycles. The van der Waals surface area contributed by atoms with Gasteiger partial charge in [0, 0.05) is 30.6 Å². The van der Waals surface area contributed by atoms with Crippen molar-refractivity contribution in [2.75, 3.05) is 38.2 Å². The summed E-state index contributed by atoms with van der Waals surface area (Å²) >= 11 is 1.70. The van der Waals surface area contributed by atoms with E-state index in [4.69, 9.17) is 14.7 Å². The first kappa shape index (κ1) is 21.1. The Morgan fingerprint density at radius 3 is 2.59 bits per heavy atom. The fourth-order valence-corrected chi connectivity index (χ4v) is 5.15. The molecule has 6 heteroatoms. The van der Waals surface area contributed by atoms with Gasteiger partial charge < -0.3 is 10.1 Å². The van der Waals surface area contributed by atoms with E-state index in [1.165, 1.54) is 22.3 Å². The Hall–Kier alpha value is -2.80. The van der Waals surface area contributed by atoms with Gasteiger partial charge in [-0.1, -0.05) is 54.6 Å². The third kappa shape index (κ3) is 4.67. The molecule has 0 unspecified atom stereocenters. The second kappa shape index (κ2) is 9.77. The van der Waals surface area contributed by atoms with Crippen LogP contribution in [0.3, 0.4) is 0 Å². The highest BCUT2D eigenvalue weighted by Crippen LogP contribution is 2.37. The molecule has 4 aromatic rings. The van der Waals surface area contributed by atoms with Gasteiger partial charge in [0.2, 0.25) is 0 Å². The van der Waals surface area contributed by atoms with Crippen LogP contribution in [0, 0.1) is 6.92 Å². The zero-order chi connectivity index (χ0) is 21.8. The van der Waals surface area contributed by atoms with Gasteiger partial charge in [0.15, 0.2) is 0 Å². The van der Waals surface area contributed by atoms with Crippen molar-refractivity contribution < 1.29 is 4.74 Å². The van der Waals surface area contributed by atoms with Gasteiger partial charge >= 0.3 is 0 Å². The van der Waals surface area contributed by atoms with E-state index in [1.807, 2.05) is 0 Å². The number of anilines is 1. The number of nitrogens with one attached hydrogen (secondary N) is 1. The molecule has 2 aromatic heterocycles. The SMILES string of the molecule is Cc1ccccc1CCNc1nc(CN2CCOCC2)nc2scc(-c3ccccc3)c12. The molecule has 164 valence electrons. The number of morpholine rings is 1. The number of aromatic nitrogens is 2. The third-order valence-corrected chi connectivity index (χ3v) is 6.85. The van der Waals surface area contributed by atoms with Gasteiger partial charge in [0.05, 0.1) is 25.1 Å². The molecule has 1 fully saturated rings. The molecule has 1 aliphatic rings. The number of thiophene rings is 1. The third-order valence-electron chi connectivity index (χ3n) is 5.98. The second-order valence-electron chi connectivity index (χ2n) is 8.18. The van der Waals surface area contributed by atoms with Crippen molar-refractivity contribution in [1.29, 1.82) is 0 Å². The predicted molar refractivity (Wildman–Crippen MR) is 132 cm³/mol. The van der Waals surface area contributed by atoms with E-state index in [0.717, 1.165) is 67.7 Å². The lowest BCUT2D eigenvalue weighted by molar-refractivity contribution is 0.0331. The molecule has 5 nitrogen and oxygen atoms in total. The summed E-state index contributed by atoms with van der Waals surface area (Å²) in [6, 6.07) is 19.1. The largest absolute Gasteiger partial charge is 0.379 e. The van der Waals surface area contributed by atoms with Gasteiger partial charge in [-0.3, -0.25) is 4.90 Å². The van der Waals surface area contributed by atoms with E-state index in [0.29, 0.717) is 0 Å². The van der Waals surface area contributed by atoms with Gasteiger partial charge in [-0.2, -0.15) is 0 Å². The van der Waals surface area contributed by atoms with Gasteiger partial charge in [-0.15, -0.1) is 11.3 Å². The Morgan fingerprint density at radius 2 is 1.78 bits per heavy atom. The number of benzene rings is 2. The van der Waals surface area contributed by atoms with Crippen molar-refractivity contribution >= 4 is 27.4 Å². The summed E-state index contributed by atoms with van der Waals surface area (Å²) in [7, 11) is 0. The monoisotopic (exact) mass is 444 g/mol. The predicted octanol–water partition coefficient (Wildman–Crippen LogP) is 5.15. The summed E-state index contributed by atoms with van der Waals surface area (Å²) < 4.78 is 5.50. The van der Waals surface area contributed by atoms with Crippen LogP contribution in [0.2, 0.25) is 0 Å². The Labute approximate surface area is 193 Å². The minimum atomic E-state index is 0.754. The van der Waals surface area contributed by atoms with Crippen LogP contribution in [0.15, 0.2) is 60.0 Å². The average molecular weight is 445 g/mol. The minimum absolute atomic E-state index is 0.754. The van der Waals surface area contributed by atoms with Crippen LogP contribution in [-0.4, -0.2) is 47.7 Å². The summed E-state index contributed by atoms with van der Waals surface area (Å²) in [6.07, 6.45) is 0.960. The summed E-state index contributed by atoms with van der Waals surface area (Å²) in [4.78, 5) is 13.4. The first-order valence-corrected chi connectivity index (χ1v) is 12.1. The Kier molecular flexibility index (Phi) is 6.44. The highest BCUT2D eigenvalue weighted by atomic mass is 32.1. The quantitative estimate of drug-likeness (QED) is 0.427. The highest BCUT2D eigenvalue weighted by molar-refractivity contribution is 7.17. The molecule has 5 rings (SSSR count). The smallest absolute Gasteiger partial charge is 0.146 e. The number of hydrogen-bond donors (Lipinski definition) is 1. The number of fused-ring (bicyclic) bond motifs is 1. The summed E-state index contributed by atoms with van der Waals surface area (Å²) in [5.74, 6) is 1.81. The maximum atomic E-state index is 5.50. The van der Waals surface area contributed by atoms with E-state index in [9.17, 15) is 0 Å². The zero-order valence-electron chi connectivity index (χ0n) is 18.4. The summed E-state index contributed by atoms with van der Waals surface area (Å²) in [5, 5.41) is 6.98. The van der Waals surface area contributed by atoms with E-state index in [2.05, 4.69) is 77.1 Å². The molecule has 0 radical (unpaired) electrons. The van der Waals surface area contributed by atoms with Crippen molar-refractivity contribution in [3.05, 3.63) is 76.9 Å². The van der Waals surface area contributed by atoms with Crippen LogP contribution in [0.25, 0.3) is 21.3 Å². The molecular formula is C26H28N4OS. The standard InChI is InChI=1S/C26H28N4OS/c1-19-7-5-6-8-20(19)11-12-27-25-24-22(21-9-3-2-4-10-21)18-32-26(24)29-23(28-25)17-30-13-15-31-16-14-30/h2-10,18H,11-17H2,1H3,(H,27,28,29). The van der Waals surface area contributed by atoms with Crippen molar-refractivity contribution in [1.82, 2.24) is 14.9 Å². The van der Waals surface area contributed by atoms with Gasteiger partial charge in [-0.25, -0.2) is 9.97 Å². The minimum Gasteiger partial charge on any atom is -0.379 e. The number of ether oxygens (including phenoxy) is 1. The van der Waals surface area contributed by atoms with Crippen molar-refractivity contribution in [2.24, 2.45) is 0 Å². The van der Waals surface area contributed by atoms with Crippen LogP contribution in [0.5, 0.6) is 0 Å². The van der Waals surface area contributed by atoms with Crippen molar-refractivity contribution in [3.63, 3.8) is 0 Å². The topological polar surface area (TPSA) is 50.3 Å². The summed E-state index contributed by atoms with van der Waals surface area (Å²) in [6.45, 7) is 7.17. The molecule has 0 bridgehead atoms. The highest BCUT2D eigenvalue weighted by Gasteiger charge is 2.18. The fourth-order valence-electron chi connectivity index (χ4n) is 4.18. The van der Waals surface area contributed by atoms with Crippen molar-refractivity contribution in [3.8, 4) is 11.1 Å². The molecule has 2 aromatic carbocycles. The van der Waals surface area contributed by atoms with E-state index in [-0.39, 0.29) is 0 Å². The normalized spacial score (nSPS) is 14.7. The average Bonchev–Trinajstić information content (AvgIpc) is 3.26. The zero-order valence-corrected chi connectivity index (χ0v) is 19.2. The molecule has 3 heterocycles. The van der Waals surface area contributed by atoms with Crippen LogP contribution < -0.4 is 5.32 Å². The fraction of sp³-hybridized carbons (Fsp3) is 0.308. The van der Waals surface area contributed by atoms with E-state index >= 15 is 0 Å². The Balaban J connectivity index is 1.46. The Bertz CT molecular complexity index is 1190. The van der Waals surface area contributed by atoms with Crippen LogP contribution in [0.4, 0.5) is 5.82 Å². The molecular weight excluding hydrogens is 416 g/mol. The van der Waals surface area contributed by atoms with Crippen LogP contribution in [-0.2, 0) is 17.7 Å². The maximum absolute atomic E-state index is 5.50. The number of hydrogen-bond acceptors (Lipinski definition) is 6. The molecule has 32 heavy (non-hydrogen) atoms. The molecule has 0 amide bonds. The number of aryl methyl sites for hydroxylation is 1. The first-order valence-electron chi connectivity index (χ1n) is 11.2. The first-order chi connectivity index (χ1) is 15.8. The van der Waals surface area contributed by atoms with Crippen molar-refractivity contribution in [2.45, 2.75) is 19.9 Å². The van der Waals surface area contributed by atoms with Crippen LogP contribution >= 0.6 is 11.3 Å². The van der Waals surface area contributed by atoms with Gasteiger partial charge in [-0.05, 0) is 30.0 Å². The number of nitrogens with zero attached hydrogens (tertiary/aromatic N) is 3. The molecule has 0 atom stereocenters.